The van der Waals surface area contributed by atoms with Gasteiger partial charge in [-0.2, -0.15) is 0 Å². The van der Waals surface area contributed by atoms with Crippen molar-refractivity contribution in [1.82, 2.24) is 0 Å². The van der Waals surface area contributed by atoms with Crippen molar-refractivity contribution in [1.29, 1.82) is 0 Å². The molecule has 0 fully saturated rings. The van der Waals surface area contributed by atoms with Crippen LogP contribution in [0.15, 0.2) is 0 Å². The fraction of sp³-hybridized carbons (Fsp3) is 0.667. The Kier molecular flexibility index (Phi) is 8.10. The Hall–Kier alpha value is 0.0543. The molecule has 0 aromatic carbocycles. The van der Waals surface area contributed by atoms with E-state index in [4.69, 9.17) is 0 Å². The quantitative estimate of drug-likeness (QED) is 0.457. The summed E-state index contributed by atoms with van der Waals surface area (Å²) in [5, 5.41) is 0. The number of rotatable bonds is 3. The standard InChI is InChI=1S/C6H10O2.Ti/c1-3-5(7)6(8)4-2;/h3-4H2,1-2H3;. The van der Waals surface area contributed by atoms with Crippen LogP contribution in [0.2, 0.25) is 0 Å². The van der Waals surface area contributed by atoms with E-state index >= 15 is 0 Å². The van der Waals surface area contributed by atoms with Gasteiger partial charge in [-0.25, -0.2) is 0 Å². The van der Waals surface area contributed by atoms with Gasteiger partial charge in [0.25, 0.3) is 0 Å². The second kappa shape index (κ2) is 6.18. The third-order valence-electron chi connectivity index (χ3n) is 0.953. The largest absolute Gasteiger partial charge is 0.291 e. The second-order valence-electron chi connectivity index (χ2n) is 1.55. The normalized spacial score (nSPS) is 7.78. The SMILES string of the molecule is CCC(=O)C(=O)CC.[Ti]. The van der Waals surface area contributed by atoms with Crippen LogP contribution in [0.25, 0.3) is 0 Å². The number of hydrogen-bond acceptors (Lipinski definition) is 2. The number of Topliss-reactive ketones (excluding diaryl/α,β-unsaturated/α-hetero) is 2. The molecule has 0 aliphatic heterocycles. The van der Waals surface area contributed by atoms with Crippen molar-refractivity contribution in [3.63, 3.8) is 0 Å². The van der Waals surface area contributed by atoms with Gasteiger partial charge in [-0.1, -0.05) is 13.8 Å². The third kappa shape index (κ3) is 4.55. The molecule has 0 aliphatic rings. The molecule has 0 atom stereocenters. The van der Waals surface area contributed by atoms with E-state index in [1.807, 2.05) is 0 Å². The minimum atomic E-state index is -0.257. The molecule has 0 saturated heterocycles. The van der Waals surface area contributed by atoms with Gasteiger partial charge in [0.05, 0.1) is 0 Å². The van der Waals surface area contributed by atoms with Crippen molar-refractivity contribution in [2.75, 3.05) is 0 Å². The Morgan fingerprint density at radius 2 is 1.22 bits per heavy atom. The fourth-order valence-corrected chi connectivity index (χ4v) is 0.394. The maximum atomic E-state index is 10.4. The zero-order valence-corrected chi connectivity index (χ0v) is 7.29. The molecule has 0 heterocycles. The van der Waals surface area contributed by atoms with Gasteiger partial charge in [-0.3, -0.25) is 9.59 Å². The van der Waals surface area contributed by atoms with Crippen LogP contribution < -0.4 is 0 Å². The Morgan fingerprint density at radius 3 is 1.33 bits per heavy atom. The number of hydrogen-bond donors (Lipinski definition) is 0. The maximum absolute atomic E-state index is 10.4. The van der Waals surface area contributed by atoms with Crippen molar-refractivity contribution in [3.8, 4) is 0 Å². The molecule has 0 unspecified atom stereocenters. The molecule has 0 rings (SSSR count). The summed E-state index contributed by atoms with van der Waals surface area (Å²) in [5.74, 6) is -0.514. The molecule has 0 aromatic rings. The first-order valence-corrected chi connectivity index (χ1v) is 2.78. The van der Waals surface area contributed by atoms with Gasteiger partial charge >= 0.3 is 0 Å². The van der Waals surface area contributed by atoms with Crippen molar-refractivity contribution in [2.24, 2.45) is 0 Å². The van der Waals surface area contributed by atoms with E-state index in [0.717, 1.165) is 0 Å². The van der Waals surface area contributed by atoms with E-state index in [2.05, 4.69) is 0 Å². The first-order valence-electron chi connectivity index (χ1n) is 2.78. The zero-order chi connectivity index (χ0) is 6.57. The fourth-order valence-electron chi connectivity index (χ4n) is 0.394. The average Bonchev–Trinajstić information content (AvgIpc) is 1.84. The molecule has 50 valence electrons. The smallest absolute Gasteiger partial charge is 0.198 e. The number of ketones is 2. The maximum Gasteiger partial charge on any atom is 0.198 e. The van der Waals surface area contributed by atoms with E-state index in [-0.39, 0.29) is 33.3 Å². The molecular weight excluding hydrogens is 152 g/mol. The van der Waals surface area contributed by atoms with Crippen LogP contribution in [-0.2, 0) is 31.3 Å². The minimum Gasteiger partial charge on any atom is -0.291 e. The summed E-state index contributed by atoms with van der Waals surface area (Å²) >= 11 is 0. The van der Waals surface area contributed by atoms with Crippen LogP contribution in [0, 0.1) is 0 Å². The summed E-state index contributed by atoms with van der Waals surface area (Å²) in [7, 11) is 0. The van der Waals surface area contributed by atoms with Crippen molar-refractivity contribution in [3.05, 3.63) is 0 Å². The Morgan fingerprint density at radius 1 is 1.00 bits per heavy atom. The Labute approximate surface area is 69.9 Å². The number of carbonyl (C=O) groups is 2. The minimum absolute atomic E-state index is 0. The van der Waals surface area contributed by atoms with E-state index in [1.165, 1.54) is 0 Å². The monoisotopic (exact) mass is 162 g/mol. The van der Waals surface area contributed by atoms with Gasteiger partial charge in [0.1, 0.15) is 0 Å². The van der Waals surface area contributed by atoms with Crippen LogP contribution >= 0.6 is 0 Å². The summed E-state index contributed by atoms with van der Waals surface area (Å²) in [6.45, 7) is 3.38. The summed E-state index contributed by atoms with van der Waals surface area (Å²) in [6.07, 6.45) is 0.680. The van der Waals surface area contributed by atoms with Crippen LogP contribution in [0.4, 0.5) is 0 Å². The van der Waals surface area contributed by atoms with Crippen LogP contribution in [0.1, 0.15) is 26.7 Å². The molecule has 0 bridgehead atoms. The van der Waals surface area contributed by atoms with Gasteiger partial charge in [0.15, 0.2) is 11.6 Å². The molecule has 2 nitrogen and oxygen atoms in total. The molecule has 0 spiro atoms. The molecule has 0 radical (unpaired) electrons. The predicted molar refractivity (Wildman–Crippen MR) is 30.6 cm³/mol. The summed E-state index contributed by atoms with van der Waals surface area (Å²) in [5.41, 5.74) is 0. The average molecular weight is 162 g/mol. The first kappa shape index (κ1) is 11.8. The zero-order valence-electron chi connectivity index (χ0n) is 5.73. The second-order valence-corrected chi connectivity index (χ2v) is 1.55. The molecule has 0 aromatic heterocycles. The van der Waals surface area contributed by atoms with Gasteiger partial charge < -0.3 is 0 Å². The number of carbonyl (C=O) groups excluding carboxylic acids is 2. The Bertz CT molecular complexity index is 95.6. The van der Waals surface area contributed by atoms with Crippen LogP contribution in [0.5, 0.6) is 0 Å². The van der Waals surface area contributed by atoms with E-state index in [1.54, 1.807) is 13.8 Å². The summed E-state index contributed by atoms with van der Waals surface area (Å²) in [4.78, 5) is 20.8. The molecular formula is C6H10O2Ti. The third-order valence-corrected chi connectivity index (χ3v) is 0.953. The van der Waals surface area contributed by atoms with E-state index in [0.29, 0.717) is 12.8 Å². The first-order chi connectivity index (χ1) is 3.72. The summed E-state index contributed by atoms with van der Waals surface area (Å²) in [6, 6.07) is 0. The molecule has 0 saturated carbocycles. The van der Waals surface area contributed by atoms with Crippen molar-refractivity contribution >= 4 is 11.6 Å². The van der Waals surface area contributed by atoms with E-state index < -0.39 is 0 Å². The molecule has 0 aliphatic carbocycles. The molecule has 0 N–H and O–H groups in total. The van der Waals surface area contributed by atoms with Crippen molar-refractivity contribution in [2.45, 2.75) is 26.7 Å². The predicted octanol–water partition coefficient (Wildman–Crippen LogP) is 0.942. The van der Waals surface area contributed by atoms with Gasteiger partial charge in [0, 0.05) is 34.6 Å². The Balaban J connectivity index is 0. The molecule has 0 amide bonds. The van der Waals surface area contributed by atoms with Gasteiger partial charge in [-0.05, 0) is 0 Å². The summed E-state index contributed by atoms with van der Waals surface area (Å²) < 4.78 is 0. The van der Waals surface area contributed by atoms with Crippen LogP contribution in [-0.4, -0.2) is 11.6 Å². The van der Waals surface area contributed by atoms with Gasteiger partial charge in [0.2, 0.25) is 0 Å². The molecule has 3 heteroatoms. The van der Waals surface area contributed by atoms with Gasteiger partial charge in [-0.15, -0.1) is 0 Å². The topological polar surface area (TPSA) is 34.1 Å². The van der Waals surface area contributed by atoms with Crippen molar-refractivity contribution < 1.29 is 31.3 Å². The van der Waals surface area contributed by atoms with E-state index in [9.17, 15) is 9.59 Å². The molecule has 9 heavy (non-hydrogen) atoms. The van der Waals surface area contributed by atoms with Crippen LogP contribution in [0.3, 0.4) is 0 Å².